The maximum Gasteiger partial charge on any atom is 0.355 e. The van der Waals surface area contributed by atoms with Gasteiger partial charge in [0.15, 0.2) is 0 Å². The molecule has 2 rings (SSSR count). The number of rotatable bonds is 3. The van der Waals surface area contributed by atoms with E-state index in [4.69, 9.17) is 9.57 Å². The van der Waals surface area contributed by atoms with Crippen LogP contribution in [0.2, 0.25) is 0 Å². The molecule has 2 amide bonds. The summed E-state index contributed by atoms with van der Waals surface area (Å²) in [4.78, 5) is 43.0. The van der Waals surface area contributed by atoms with Crippen molar-refractivity contribution in [1.29, 1.82) is 0 Å². The van der Waals surface area contributed by atoms with Crippen LogP contribution in [-0.2, 0) is 24.0 Å². The molecule has 0 aromatic heterocycles. The highest BCUT2D eigenvalue weighted by molar-refractivity contribution is 8.00. The Bertz CT molecular complexity index is 647. The molecule has 2 aliphatic heterocycles. The van der Waals surface area contributed by atoms with Gasteiger partial charge in [0.05, 0.1) is 12.7 Å². The number of fused-ring (bicyclic) bond motifs is 1. The Balaban J connectivity index is 2.25. The Kier molecular flexibility index (Phi) is 5.10. The van der Waals surface area contributed by atoms with Crippen LogP contribution in [0.25, 0.3) is 0 Å². The maximum atomic E-state index is 12.5. The SMILES string of the molecule is CON(C)C(=O)/C=C1/C(=O)N2C(C(=O)OC(C)(C)C)=C(C)CS[C@H]12. The molecule has 1 atom stereocenters. The lowest BCUT2D eigenvalue weighted by atomic mass is 10.0. The molecular weight excluding hydrogens is 332 g/mol. The Morgan fingerprint density at radius 2 is 2.00 bits per heavy atom. The number of hydroxylamine groups is 2. The minimum atomic E-state index is -0.645. The van der Waals surface area contributed by atoms with E-state index in [1.54, 1.807) is 27.7 Å². The smallest absolute Gasteiger partial charge is 0.355 e. The van der Waals surface area contributed by atoms with Crippen molar-refractivity contribution in [2.24, 2.45) is 0 Å². The van der Waals surface area contributed by atoms with Crippen molar-refractivity contribution in [1.82, 2.24) is 9.96 Å². The van der Waals surface area contributed by atoms with Crippen LogP contribution in [-0.4, -0.2) is 58.6 Å². The molecular formula is C16H22N2O5S. The van der Waals surface area contributed by atoms with Gasteiger partial charge in [0.1, 0.15) is 16.7 Å². The van der Waals surface area contributed by atoms with Crippen molar-refractivity contribution in [3.63, 3.8) is 0 Å². The molecule has 0 N–H and O–H groups in total. The molecule has 0 aromatic rings. The first-order valence-electron chi connectivity index (χ1n) is 7.48. The van der Waals surface area contributed by atoms with Crippen LogP contribution in [0, 0.1) is 0 Å². The molecule has 0 spiro atoms. The fraction of sp³-hybridized carbons (Fsp3) is 0.562. The van der Waals surface area contributed by atoms with E-state index in [9.17, 15) is 14.4 Å². The average Bonchev–Trinajstić information content (AvgIpc) is 2.49. The van der Waals surface area contributed by atoms with Crippen molar-refractivity contribution in [2.45, 2.75) is 38.7 Å². The molecule has 0 bridgehead atoms. The highest BCUT2D eigenvalue weighted by Gasteiger charge is 2.50. The fourth-order valence-corrected chi connectivity index (χ4v) is 3.57. The second kappa shape index (κ2) is 6.60. The number of esters is 1. The van der Waals surface area contributed by atoms with Gasteiger partial charge in [-0.15, -0.1) is 11.8 Å². The number of carbonyl (C=O) groups excluding carboxylic acids is 3. The predicted octanol–water partition coefficient (Wildman–Crippen LogP) is 1.46. The van der Waals surface area contributed by atoms with Crippen LogP contribution in [0.4, 0.5) is 0 Å². The van der Waals surface area contributed by atoms with Crippen molar-refractivity contribution in [3.05, 3.63) is 22.9 Å². The second-order valence-electron chi connectivity index (χ2n) is 6.59. The Morgan fingerprint density at radius 3 is 2.54 bits per heavy atom. The lowest BCUT2D eigenvalue weighted by Gasteiger charge is -2.46. The molecule has 0 radical (unpaired) electrons. The predicted molar refractivity (Wildman–Crippen MR) is 89.5 cm³/mol. The largest absolute Gasteiger partial charge is 0.455 e. The maximum absolute atomic E-state index is 12.5. The summed E-state index contributed by atoms with van der Waals surface area (Å²) < 4.78 is 5.41. The molecule has 0 aliphatic carbocycles. The van der Waals surface area contributed by atoms with Gasteiger partial charge in [-0.3, -0.25) is 19.3 Å². The van der Waals surface area contributed by atoms with Gasteiger partial charge in [-0.05, 0) is 33.3 Å². The van der Waals surface area contributed by atoms with Gasteiger partial charge in [-0.1, -0.05) is 0 Å². The van der Waals surface area contributed by atoms with Crippen molar-refractivity contribution >= 4 is 29.5 Å². The molecule has 2 aliphatic rings. The molecule has 7 nitrogen and oxygen atoms in total. The average molecular weight is 354 g/mol. The Morgan fingerprint density at radius 1 is 1.38 bits per heavy atom. The van der Waals surface area contributed by atoms with Gasteiger partial charge in [-0.2, -0.15) is 0 Å². The number of hydrogen-bond donors (Lipinski definition) is 0. The lowest BCUT2D eigenvalue weighted by Crippen LogP contribution is -2.57. The summed E-state index contributed by atoms with van der Waals surface area (Å²) in [6.07, 6.45) is 1.26. The Labute approximate surface area is 145 Å². The van der Waals surface area contributed by atoms with Gasteiger partial charge in [-0.25, -0.2) is 9.86 Å². The fourth-order valence-electron chi connectivity index (χ4n) is 2.33. The molecule has 132 valence electrons. The van der Waals surface area contributed by atoms with Crippen LogP contribution in [0.5, 0.6) is 0 Å². The van der Waals surface area contributed by atoms with E-state index < -0.39 is 17.5 Å². The quantitative estimate of drug-likeness (QED) is 0.331. The third kappa shape index (κ3) is 3.49. The molecule has 2 heterocycles. The first kappa shape index (κ1) is 18.5. The van der Waals surface area contributed by atoms with Gasteiger partial charge in [0.25, 0.3) is 11.8 Å². The lowest BCUT2D eigenvalue weighted by molar-refractivity contribution is -0.163. The van der Waals surface area contributed by atoms with Crippen LogP contribution in [0.1, 0.15) is 27.7 Å². The van der Waals surface area contributed by atoms with Crippen molar-refractivity contribution < 1.29 is 24.0 Å². The van der Waals surface area contributed by atoms with Crippen molar-refractivity contribution in [3.8, 4) is 0 Å². The number of carbonyl (C=O) groups is 3. The molecule has 1 fully saturated rings. The summed E-state index contributed by atoms with van der Waals surface area (Å²) in [5, 5.41) is 0.685. The summed E-state index contributed by atoms with van der Waals surface area (Å²) in [5.41, 5.74) is 0.790. The molecule has 24 heavy (non-hydrogen) atoms. The second-order valence-corrected chi connectivity index (χ2v) is 7.66. The molecule has 0 unspecified atom stereocenters. The summed E-state index contributed by atoms with van der Waals surface area (Å²) in [5.74, 6) is -0.705. The van der Waals surface area contributed by atoms with Crippen molar-refractivity contribution in [2.75, 3.05) is 19.9 Å². The Hall–Kier alpha value is -1.80. The number of nitrogens with zero attached hydrogens (tertiary/aromatic N) is 2. The summed E-state index contributed by atoms with van der Waals surface area (Å²) in [6.45, 7) is 7.14. The highest BCUT2D eigenvalue weighted by atomic mass is 32.2. The van der Waals surface area contributed by atoms with E-state index in [-0.39, 0.29) is 17.0 Å². The zero-order valence-corrected chi connectivity index (χ0v) is 15.5. The number of thioether (sulfide) groups is 1. The topological polar surface area (TPSA) is 76.2 Å². The highest BCUT2D eigenvalue weighted by Crippen LogP contribution is 2.43. The first-order chi connectivity index (χ1) is 11.1. The van der Waals surface area contributed by atoms with E-state index in [1.165, 1.54) is 36.9 Å². The third-order valence-electron chi connectivity index (χ3n) is 3.52. The van der Waals surface area contributed by atoms with Gasteiger partial charge >= 0.3 is 5.97 Å². The van der Waals surface area contributed by atoms with E-state index in [0.29, 0.717) is 11.3 Å². The summed E-state index contributed by atoms with van der Waals surface area (Å²) in [6, 6.07) is 0. The zero-order chi connectivity index (χ0) is 18.2. The van der Waals surface area contributed by atoms with Gasteiger partial charge in [0, 0.05) is 18.9 Å². The minimum Gasteiger partial charge on any atom is -0.455 e. The number of likely N-dealkylation sites (N-methyl/N-ethyl adjacent to an activating group) is 1. The molecule has 0 aromatic carbocycles. The molecule has 0 saturated carbocycles. The molecule has 1 saturated heterocycles. The van der Waals surface area contributed by atoms with Crippen LogP contribution in [0.3, 0.4) is 0 Å². The normalized spacial score (nSPS) is 22.2. The summed E-state index contributed by atoms with van der Waals surface area (Å²) >= 11 is 1.49. The monoisotopic (exact) mass is 354 g/mol. The van der Waals surface area contributed by atoms with Gasteiger partial charge in [0.2, 0.25) is 0 Å². The molecule has 8 heteroatoms. The van der Waals surface area contributed by atoms with Crippen LogP contribution in [0.15, 0.2) is 22.9 Å². The zero-order valence-electron chi connectivity index (χ0n) is 14.7. The van der Waals surface area contributed by atoms with E-state index in [2.05, 4.69) is 0 Å². The number of ether oxygens (including phenoxy) is 1. The minimum absolute atomic E-state index is 0.281. The third-order valence-corrected chi connectivity index (χ3v) is 4.90. The van der Waals surface area contributed by atoms with E-state index in [0.717, 1.165) is 10.6 Å². The standard InChI is InChI=1S/C16H22N2O5S/c1-9-8-24-14-10(7-11(19)17(5)22-6)13(20)18(14)12(9)15(21)23-16(2,3)4/h7,14H,8H2,1-6H3/b10-7-/t14-/m1/s1. The number of hydrogen-bond acceptors (Lipinski definition) is 6. The van der Waals surface area contributed by atoms with Gasteiger partial charge < -0.3 is 4.74 Å². The van der Waals surface area contributed by atoms with Crippen LogP contribution >= 0.6 is 11.8 Å². The summed E-state index contributed by atoms with van der Waals surface area (Å²) in [7, 11) is 2.83. The van der Waals surface area contributed by atoms with E-state index >= 15 is 0 Å². The first-order valence-corrected chi connectivity index (χ1v) is 8.53. The van der Waals surface area contributed by atoms with Crippen LogP contribution < -0.4 is 0 Å². The van der Waals surface area contributed by atoms with E-state index in [1.807, 2.05) is 0 Å². The number of amides is 2. The number of β-lactam (4-membered cyclic amide) rings is 1.